The third-order valence-electron chi connectivity index (χ3n) is 4.26. The van der Waals surface area contributed by atoms with E-state index in [1.807, 2.05) is 50.2 Å². The van der Waals surface area contributed by atoms with Crippen molar-refractivity contribution in [3.63, 3.8) is 0 Å². The van der Waals surface area contributed by atoms with Crippen molar-refractivity contribution in [3.8, 4) is 11.5 Å². The number of rotatable bonds is 5. The standard InChI is InChI=1S/C20H22N2O3/c1-13(8-16-5-7-18-19(10-16)25-12-24-18)11-21-22-20(23)17-6-4-14(2)15(3)9-17/h4-7,9-11,13H,8,12H2,1-3H3,(H,22,23). The van der Waals surface area contributed by atoms with Crippen LogP contribution in [0.25, 0.3) is 0 Å². The number of benzene rings is 2. The Hall–Kier alpha value is -2.82. The maximum atomic E-state index is 12.1. The molecule has 0 saturated heterocycles. The van der Waals surface area contributed by atoms with E-state index >= 15 is 0 Å². The fraction of sp³-hybridized carbons (Fsp3) is 0.300. The highest BCUT2D eigenvalue weighted by Crippen LogP contribution is 2.32. The molecular formula is C20H22N2O3. The summed E-state index contributed by atoms with van der Waals surface area (Å²) in [6.07, 6.45) is 2.56. The molecule has 1 aliphatic heterocycles. The second-order valence-electron chi connectivity index (χ2n) is 6.39. The van der Waals surface area contributed by atoms with Gasteiger partial charge in [0.25, 0.3) is 5.91 Å². The largest absolute Gasteiger partial charge is 0.454 e. The van der Waals surface area contributed by atoms with Crippen molar-refractivity contribution in [1.29, 1.82) is 0 Å². The summed E-state index contributed by atoms with van der Waals surface area (Å²) in [4.78, 5) is 12.1. The van der Waals surface area contributed by atoms with Crippen LogP contribution in [-0.2, 0) is 6.42 Å². The van der Waals surface area contributed by atoms with Crippen molar-refractivity contribution in [2.45, 2.75) is 27.2 Å². The molecule has 5 nitrogen and oxygen atoms in total. The van der Waals surface area contributed by atoms with Crippen molar-refractivity contribution < 1.29 is 14.3 Å². The van der Waals surface area contributed by atoms with Crippen LogP contribution < -0.4 is 14.9 Å². The van der Waals surface area contributed by atoms with Crippen LogP contribution in [0.15, 0.2) is 41.5 Å². The van der Waals surface area contributed by atoms with Gasteiger partial charge in [-0.3, -0.25) is 4.79 Å². The maximum Gasteiger partial charge on any atom is 0.271 e. The zero-order valence-corrected chi connectivity index (χ0v) is 14.7. The summed E-state index contributed by atoms with van der Waals surface area (Å²) in [7, 11) is 0. The Kier molecular flexibility index (Phi) is 5.03. The fourth-order valence-corrected chi connectivity index (χ4v) is 2.66. The van der Waals surface area contributed by atoms with Crippen LogP contribution in [-0.4, -0.2) is 18.9 Å². The van der Waals surface area contributed by atoms with Gasteiger partial charge in [0.2, 0.25) is 6.79 Å². The Balaban J connectivity index is 1.54. The van der Waals surface area contributed by atoms with Gasteiger partial charge in [0, 0.05) is 11.8 Å². The molecule has 2 aromatic rings. The summed E-state index contributed by atoms with van der Waals surface area (Å²) in [5.74, 6) is 1.55. The number of amides is 1. The minimum absolute atomic E-state index is 0.181. The van der Waals surface area contributed by atoms with Crippen LogP contribution >= 0.6 is 0 Å². The molecule has 25 heavy (non-hydrogen) atoms. The first-order valence-corrected chi connectivity index (χ1v) is 8.32. The number of hydrogen-bond acceptors (Lipinski definition) is 4. The molecular weight excluding hydrogens is 316 g/mol. The van der Waals surface area contributed by atoms with Gasteiger partial charge in [-0.1, -0.05) is 19.1 Å². The lowest BCUT2D eigenvalue weighted by Crippen LogP contribution is -2.18. The minimum atomic E-state index is -0.199. The summed E-state index contributed by atoms with van der Waals surface area (Å²) in [6.45, 7) is 6.34. The fourth-order valence-electron chi connectivity index (χ4n) is 2.66. The van der Waals surface area contributed by atoms with Crippen LogP contribution in [0.1, 0.15) is 34.0 Å². The van der Waals surface area contributed by atoms with Gasteiger partial charge in [-0.15, -0.1) is 0 Å². The van der Waals surface area contributed by atoms with Crippen LogP contribution in [0.3, 0.4) is 0 Å². The molecule has 1 N–H and O–H groups in total. The lowest BCUT2D eigenvalue weighted by Gasteiger charge is -2.07. The van der Waals surface area contributed by atoms with E-state index in [0.717, 1.165) is 34.6 Å². The molecule has 0 bridgehead atoms. The average molecular weight is 338 g/mol. The van der Waals surface area contributed by atoms with Gasteiger partial charge in [-0.05, 0) is 67.1 Å². The summed E-state index contributed by atoms with van der Waals surface area (Å²) < 4.78 is 10.7. The molecule has 1 amide bonds. The van der Waals surface area contributed by atoms with Gasteiger partial charge in [-0.25, -0.2) is 5.43 Å². The van der Waals surface area contributed by atoms with Gasteiger partial charge < -0.3 is 9.47 Å². The Morgan fingerprint density at radius 3 is 2.76 bits per heavy atom. The topological polar surface area (TPSA) is 59.9 Å². The van der Waals surface area contributed by atoms with Crippen molar-refractivity contribution >= 4 is 12.1 Å². The van der Waals surface area contributed by atoms with Gasteiger partial charge in [0.1, 0.15) is 0 Å². The summed E-state index contributed by atoms with van der Waals surface area (Å²) >= 11 is 0. The van der Waals surface area contributed by atoms with Crippen LogP contribution in [0.5, 0.6) is 11.5 Å². The van der Waals surface area contributed by atoms with E-state index in [0.29, 0.717) is 5.56 Å². The molecule has 0 fully saturated rings. The zero-order valence-electron chi connectivity index (χ0n) is 14.7. The monoisotopic (exact) mass is 338 g/mol. The second-order valence-corrected chi connectivity index (χ2v) is 6.39. The molecule has 3 rings (SSSR count). The normalized spacial score (nSPS) is 13.9. The van der Waals surface area contributed by atoms with E-state index in [1.54, 1.807) is 6.21 Å². The molecule has 1 atom stereocenters. The van der Waals surface area contributed by atoms with Crippen LogP contribution in [0.2, 0.25) is 0 Å². The van der Waals surface area contributed by atoms with Gasteiger partial charge >= 0.3 is 0 Å². The number of hydrogen-bond donors (Lipinski definition) is 1. The number of aryl methyl sites for hydroxylation is 2. The molecule has 1 unspecified atom stereocenters. The van der Waals surface area contributed by atoms with Gasteiger partial charge in [0.05, 0.1) is 0 Å². The van der Waals surface area contributed by atoms with Crippen molar-refractivity contribution in [2.24, 2.45) is 11.0 Å². The summed E-state index contributed by atoms with van der Waals surface area (Å²) in [6, 6.07) is 11.5. The number of fused-ring (bicyclic) bond motifs is 1. The number of carbonyl (C=O) groups is 1. The quantitative estimate of drug-likeness (QED) is 0.669. The minimum Gasteiger partial charge on any atom is -0.454 e. The molecule has 0 aromatic heterocycles. The van der Waals surface area contributed by atoms with E-state index in [9.17, 15) is 4.79 Å². The maximum absolute atomic E-state index is 12.1. The highest BCUT2D eigenvalue weighted by molar-refractivity contribution is 5.94. The lowest BCUT2D eigenvalue weighted by atomic mass is 10.0. The molecule has 0 spiro atoms. The van der Waals surface area contributed by atoms with Crippen molar-refractivity contribution in [3.05, 3.63) is 58.7 Å². The van der Waals surface area contributed by atoms with E-state index in [4.69, 9.17) is 9.47 Å². The van der Waals surface area contributed by atoms with E-state index in [-0.39, 0.29) is 18.6 Å². The molecule has 0 radical (unpaired) electrons. The third-order valence-corrected chi connectivity index (χ3v) is 4.26. The highest BCUT2D eigenvalue weighted by Gasteiger charge is 2.14. The molecule has 1 aliphatic rings. The predicted octanol–water partition coefficient (Wildman–Crippen LogP) is 3.63. The Labute approximate surface area is 147 Å². The highest BCUT2D eigenvalue weighted by atomic mass is 16.7. The molecule has 2 aromatic carbocycles. The molecule has 0 saturated carbocycles. The molecule has 5 heteroatoms. The summed E-state index contributed by atoms with van der Waals surface area (Å²) in [5.41, 5.74) is 6.60. The van der Waals surface area contributed by atoms with Crippen molar-refractivity contribution in [2.75, 3.05) is 6.79 Å². The number of nitrogens with zero attached hydrogens (tertiary/aromatic N) is 1. The van der Waals surface area contributed by atoms with E-state index in [1.165, 1.54) is 0 Å². The van der Waals surface area contributed by atoms with Crippen LogP contribution in [0, 0.1) is 19.8 Å². The van der Waals surface area contributed by atoms with Crippen LogP contribution in [0.4, 0.5) is 0 Å². The zero-order chi connectivity index (χ0) is 17.8. The lowest BCUT2D eigenvalue weighted by molar-refractivity contribution is 0.0955. The number of hydrazone groups is 1. The number of nitrogens with one attached hydrogen (secondary N) is 1. The predicted molar refractivity (Wildman–Crippen MR) is 97.3 cm³/mol. The number of carbonyl (C=O) groups excluding carboxylic acids is 1. The second kappa shape index (κ2) is 7.38. The number of ether oxygens (including phenoxy) is 2. The molecule has 1 heterocycles. The average Bonchev–Trinajstić information content (AvgIpc) is 3.05. The van der Waals surface area contributed by atoms with E-state index < -0.39 is 0 Å². The summed E-state index contributed by atoms with van der Waals surface area (Å²) in [5, 5.41) is 4.09. The smallest absolute Gasteiger partial charge is 0.271 e. The SMILES string of the molecule is Cc1ccc(C(=O)NN=CC(C)Cc2ccc3c(c2)OCO3)cc1C. The van der Waals surface area contributed by atoms with Crippen molar-refractivity contribution in [1.82, 2.24) is 5.43 Å². The Morgan fingerprint density at radius 2 is 1.96 bits per heavy atom. The van der Waals surface area contributed by atoms with Gasteiger partial charge in [-0.2, -0.15) is 5.10 Å². The van der Waals surface area contributed by atoms with Gasteiger partial charge in [0.15, 0.2) is 11.5 Å². The molecule has 0 aliphatic carbocycles. The first-order valence-electron chi connectivity index (χ1n) is 8.32. The first kappa shape index (κ1) is 17.0. The molecule has 130 valence electrons. The first-order chi connectivity index (χ1) is 12.0. The third kappa shape index (κ3) is 4.18. The van der Waals surface area contributed by atoms with E-state index in [2.05, 4.69) is 17.5 Å². The Morgan fingerprint density at radius 1 is 1.16 bits per heavy atom. The Bertz CT molecular complexity index is 815.